The van der Waals surface area contributed by atoms with Gasteiger partial charge in [0.05, 0.1) is 23.2 Å². The van der Waals surface area contributed by atoms with Crippen molar-refractivity contribution in [1.82, 2.24) is 14.5 Å². The van der Waals surface area contributed by atoms with Gasteiger partial charge in [0.2, 0.25) is 5.91 Å². The van der Waals surface area contributed by atoms with Gasteiger partial charge in [0.1, 0.15) is 6.54 Å². The maximum absolute atomic E-state index is 12.3. The van der Waals surface area contributed by atoms with E-state index >= 15 is 0 Å². The molecule has 0 saturated heterocycles. The van der Waals surface area contributed by atoms with Crippen molar-refractivity contribution in [3.05, 3.63) is 34.7 Å². The van der Waals surface area contributed by atoms with Crippen LogP contribution in [0.3, 0.4) is 0 Å². The molecule has 22 heavy (non-hydrogen) atoms. The van der Waals surface area contributed by atoms with Gasteiger partial charge in [-0.1, -0.05) is 12.1 Å². The smallest absolute Gasteiger partial charge is 0.329 e. The molecule has 1 atom stereocenters. The molecule has 6 nitrogen and oxygen atoms in total. The number of carbonyl (C=O) groups excluding carboxylic acids is 1. The molecule has 1 aromatic heterocycles. The van der Waals surface area contributed by atoms with Crippen LogP contribution in [0.4, 0.5) is 0 Å². The Labute approximate surface area is 128 Å². The number of hydrogen-bond acceptors (Lipinski definition) is 3. The van der Waals surface area contributed by atoms with E-state index in [1.807, 2.05) is 31.2 Å². The molecule has 2 aromatic rings. The van der Waals surface area contributed by atoms with Crippen LogP contribution in [0.5, 0.6) is 0 Å². The highest BCUT2D eigenvalue weighted by Crippen LogP contribution is 2.39. The van der Waals surface area contributed by atoms with Crippen molar-refractivity contribution in [3.63, 3.8) is 0 Å². The largest absolute Gasteiger partial charge is 0.394 e. The van der Waals surface area contributed by atoms with Gasteiger partial charge in [0.15, 0.2) is 0 Å². The molecule has 0 aliphatic heterocycles. The number of para-hydroxylation sites is 2. The van der Waals surface area contributed by atoms with E-state index in [0.29, 0.717) is 5.92 Å². The van der Waals surface area contributed by atoms with Crippen molar-refractivity contribution >= 4 is 16.9 Å². The van der Waals surface area contributed by atoms with Gasteiger partial charge in [-0.05, 0) is 37.8 Å². The molecule has 1 heterocycles. The molecule has 6 heteroatoms. The lowest BCUT2D eigenvalue weighted by Crippen LogP contribution is -2.52. The molecule has 1 saturated carbocycles. The van der Waals surface area contributed by atoms with Crippen LogP contribution in [-0.2, 0) is 18.4 Å². The highest BCUT2D eigenvalue weighted by atomic mass is 16.3. The Bertz CT molecular complexity index is 773. The Kier molecular flexibility index (Phi) is 3.56. The Hall–Kier alpha value is -2.08. The second kappa shape index (κ2) is 5.28. The quantitative estimate of drug-likeness (QED) is 0.850. The average Bonchev–Trinajstić information content (AvgIpc) is 3.33. The zero-order valence-electron chi connectivity index (χ0n) is 12.9. The fourth-order valence-electron chi connectivity index (χ4n) is 3.01. The summed E-state index contributed by atoms with van der Waals surface area (Å²) in [4.78, 5) is 24.6. The Morgan fingerprint density at radius 2 is 2.00 bits per heavy atom. The monoisotopic (exact) mass is 303 g/mol. The highest BCUT2D eigenvalue weighted by molar-refractivity contribution is 5.81. The number of rotatable bonds is 5. The summed E-state index contributed by atoms with van der Waals surface area (Å²) in [6, 6.07) is 7.39. The fourth-order valence-corrected chi connectivity index (χ4v) is 3.01. The minimum atomic E-state index is -0.592. The van der Waals surface area contributed by atoms with Crippen molar-refractivity contribution in [2.45, 2.75) is 31.8 Å². The molecule has 0 radical (unpaired) electrons. The molecule has 0 bridgehead atoms. The molecule has 118 valence electrons. The third kappa shape index (κ3) is 2.43. The number of aromatic nitrogens is 2. The van der Waals surface area contributed by atoms with Crippen molar-refractivity contribution in [2.24, 2.45) is 13.0 Å². The summed E-state index contributed by atoms with van der Waals surface area (Å²) in [6.45, 7) is 1.73. The molecule has 1 fully saturated rings. The van der Waals surface area contributed by atoms with Crippen LogP contribution in [0.15, 0.2) is 29.1 Å². The van der Waals surface area contributed by atoms with Crippen molar-refractivity contribution in [1.29, 1.82) is 0 Å². The number of nitrogens with one attached hydrogen (secondary N) is 1. The van der Waals surface area contributed by atoms with Gasteiger partial charge in [-0.15, -0.1) is 0 Å². The van der Waals surface area contributed by atoms with E-state index in [1.165, 1.54) is 9.13 Å². The first-order chi connectivity index (χ1) is 10.5. The molecule has 0 spiro atoms. The summed E-state index contributed by atoms with van der Waals surface area (Å²) < 4.78 is 3.00. The number of aliphatic hydroxyl groups is 1. The predicted octanol–water partition coefficient (Wildman–Crippen LogP) is 0.617. The first kappa shape index (κ1) is 14.8. The summed E-state index contributed by atoms with van der Waals surface area (Å²) >= 11 is 0. The maximum Gasteiger partial charge on any atom is 0.329 e. The number of benzene rings is 1. The summed E-state index contributed by atoms with van der Waals surface area (Å²) in [5, 5.41) is 12.5. The number of amides is 1. The van der Waals surface area contributed by atoms with E-state index in [2.05, 4.69) is 5.32 Å². The molecule has 1 aliphatic rings. The van der Waals surface area contributed by atoms with Gasteiger partial charge in [-0.2, -0.15) is 0 Å². The molecule has 1 amide bonds. The molecular weight excluding hydrogens is 282 g/mol. The van der Waals surface area contributed by atoms with Gasteiger partial charge >= 0.3 is 5.69 Å². The van der Waals surface area contributed by atoms with E-state index in [9.17, 15) is 14.7 Å². The summed E-state index contributed by atoms with van der Waals surface area (Å²) in [5.41, 5.74) is 0.730. The van der Waals surface area contributed by atoms with E-state index < -0.39 is 5.54 Å². The molecule has 1 aromatic carbocycles. The number of aryl methyl sites for hydroxylation is 1. The second-order valence-electron chi connectivity index (χ2n) is 6.31. The Balaban J connectivity index is 1.86. The zero-order valence-corrected chi connectivity index (χ0v) is 12.9. The lowest BCUT2D eigenvalue weighted by Gasteiger charge is -2.28. The predicted molar refractivity (Wildman–Crippen MR) is 83.5 cm³/mol. The first-order valence-corrected chi connectivity index (χ1v) is 7.52. The van der Waals surface area contributed by atoms with E-state index in [-0.39, 0.29) is 24.7 Å². The van der Waals surface area contributed by atoms with Crippen LogP contribution < -0.4 is 11.0 Å². The summed E-state index contributed by atoms with van der Waals surface area (Å²) in [5.74, 6) is 0.0765. The SMILES string of the molecule is Cn1c(=O)n(CC(=O)NC(C)(CO)C2CC2)c2ccccc21. The Morgan fingerprint density at radius 1 is 1.36 bits per heavy atom. The fraction of sp³-hybridized carbons (Fsp3) is 0.500. The van der Waals surface area contributed by atoms with Crippen molar-refractivity contribution < 1.29 is 9.90 Å². The van der Waals surface area contributed by atoms with Crippen molar-refractivity contribution in [2.75, 3.05) is 6.61 Å². The highest BCUT2D eigenvalue weighted by Gasteiger charge is 2.42. The number of hydrogen-bond donors (Lipinski definition) is 2. The van der Waals surface area contributed by atoms with Gasteiger partial charge in [-0.25, -0.2) is 4.79 Å². The number of aliphatic hydroxyl groups excluding tert-OH is 1. The van der Waals surface area contributed by atoms with Crippen LogP contribution in [-0.4, -0.2) is 32.3 Å². The lowest BCUT2D eigenvalue weighted by atomic mass is 9.97. The maximum atomic E-state index is 12.3. The van der Waals surface area contributed by atoms with Crippen LogP contribution in [0.2, 0.25) is 0 Å². The minimum Gasteiger partial charge on any atom is -0.394 e. The summed E-state index contributed by atoms with van der Waals surface area (Å²) in [7, 11) is 1.70. The zero-order chi connectivity index (χ0) is 15.9. The number of imidazole rings is 1. The third-order valence-corrected chi connectivity index (χ3v) is 4.59. The van der Waals surface area contributed by atoms with Gasteiger partial charge in [0, 0.05) is 7.05 Å². The molecule has 1 aliphatic carbocycles. The van der Waals surface area contributed by atoms with E-state index in [1.54, 1.807) is 7.05 Å². The average molecular weight is 303 g/mol. The second-order valence-corrected chi connectivity index (χ2v) is 6.31. The molecule has 2 N–H and O–H groups in total. The van der Waals surface area contributed by atoms with Crippen LogP contribution >= 0.6 is 0 Å². The lowest BCUT2D eigenvalue weighted by molar-refractivity contribution is -0.124. The molecular formula is C16H21N3O3. The third-order valence-electron chi connectivity index (χ3n) is 4.59. The van der Waals surface area contributed by atoms with Crippen molar-refractivity contribution in [3.8, 4) is 0 Å². The van der Waals surface area contributed by atoms with E-state index in [4.69, 9.17) is 0 Å². The topological polar surface area (TPSA) is 76.3 Å². The van der Waals surface area contributed by atoms with E-state index in [0.717, 1.165) is 23.9 Å². The van der Waals surface area contributed by atoms with Crippen LogP contribution in [0, 0.1) is 5.92 Å². The first-order valence-electron chi connectivity index (χ1n) is 7.52. The number of carbonyl (C=O) groups is 1. The van der Waals surface area contributed by atoms with Crippen LogP contribution in [0.1, 0.15) is 19.8 Å². The number of fused-ring (bicyclic) bond motifs is 1. The van der Waals surface area contributed by atoms with Gasteiger partial charge < -0.3 is 10.4 Å². The van der Waals surface area contributed by atoms with Gasteiger partial charge in [0.25, 0.3) is 0 Å². The standard InChI is InChI=1S/C16H21N3O3/c1-16(10-20,11-7-8-11)17-14(21)9-19-13-6-4-3-5-12(13)18(2)15(19)22/h3-6,11,20H,7-10H2,1-2H3,(H,17,21). The Morgan fingerprint density at radius 3 is 2.59 bits per heavy atom. The normalized spacial score (nSPS) is 17.4. The number of nitrogens with zero attached hydrogens (tertiary/aromatic N) is 2. The molecule has 1 unspecified atom stereocenters. The summed E-state index contributed by atoms with van der Waals surface area (Å²) in [6.07, 6.45) is 2.04. The molecule has 3 rings (SSSR count). The minimum absolute atomic E-state index is 0.0392. The van der Waals surface area contributed by atoms with Crippen LogP contribution in [0.25, 0.3) is 11.0 Å². The van der Waals surface area contributed by atoms with Gasteiger partial charge in [-0.3, -0.25) is 13.9 Å².